The zero-order chi connectivity index (χ0) is 11.8. The molecule has 1 heterocycles. The first-order chi connectivity index (χ1) is 7.74. The van der Waals surface area contributed by atoms with Crippen LogP contribution in [0.5, 0.6) is 0 Å². The van der Waals surface area contributed by atoms with Gasteiger partial charge >= 0.3 is 5.97 Å². The molecule has 0 aromatic carbocycles. The Morgan fingerprint density at radius 2 is 2.00 bits per heavy atom. The minimum absolute atomic E-state index is 0.277. The molecule has 1 saturated heterocycles. The summed E-state index contributed by atoms with van der Waals surface area (Å²) in [6.45, 7) is 2.44. The van der Waals surface area contributed by atoms with Crippen molar-refractivity contribution in [2.24, 2.45) is 0 Å². The lowest BCUT2D eigenvalue weighted by atomic mass is 10.1. The van der Waals surface area contributed by atoms with Gasteiger partial charge in [0.05, 0.1) is 6.61 Å². The predicted molar refractivity (Wildman–Crippen MR) is 62.4 cm³/mol. The van der Waals surface area contributed by atoms with Gasteiger partial charge in [-0.1, -0.05) is 12.8 Å². The molecular weight excluding hydrogens is 206 g/mol. The van der Waals surface area contributed by atoms with Crippen LogP contribution in [0.4, 0.5) is 0 Å². The summed E-state index contributed by atoms with van der Waals surface area (Å²) in [5.74, 6) is -0.695. The Morgan fingerprint density at radius 3 is 2.69 bits per heavy atom. The van der Waals surface area contributed by atoms with Crippen molar-refractivity contribution in [3.05, 3.63) is 0 Å². The van der Waals surface area contributed by atoms with Gasteiger partial charge in [0.15, 0.2) is 0 Å². The molecule has 1 atom stereocenters. The van der Waals surface area contributed by atoms with Gasteiger partial charge in [0.25, 0.3) is 0 Å². The molecule has 1 aliphatic heterocycles. The first-order valence-electron chi connectivity index (χ1n) is 6.30. The van der Waals surface area contributed by atoms with E-state index in [1.54, 1.807) is 0 Å². The number of hydrogen-bond donors (Lipinski definition) is 2. The van der Waals surface area contributed by atoms with Gasteiger partial charge in [-0.05, 0) is 38.8 Å². The number of carboxylic acid groups (broad SMARTS) is 1. The fourth-order valence-corrected chi connectivity index (χ4v) is 2.34. The highest BCUT2D eigenvalue weighted by Crippen LogP contribution is 2.17. The summed E-state index contributed by atoms with van der Waals surface area (Å²) in [5.41, 5.74) is 0. The number of carboxylic acids is 1. The zero-order valence-electron chi connectivity index (χ0n) is 9.90. The molecule has 4 heteroatoms. The fraction of sp³-hybridized carbons (Fsp3) is 0.917. The van der Waals surface area contributed by atoms with Crippen molar-refractivity contribution >= 4 is 5.97 Å². The topological polar surface area (TPSA) is 60.8 Å². The lowest BCUT2D eigenvalue weighted by Crippen LogP contribution is -2.32. The van der Waals surface area contributed by atoms with E-state index in [4.69, 9.17) is 10.2 Å². The maximum Gasteiger partial charge on any atom is 0.303 e. The standard InChI is InChI=1S/C12H23NO3/c14-10-11-6-5-9-13(11)8-4-2-1-3-7-12(15)16/h11,14H,1-10H2,(H,15,16). The third-order valence-corrected chi connectivity index (χ3v) is 3.30. The molecule has 16 heavy (non-hydrogen) atoms. The summed E-state index contributed by atoms with van der Waals surface area (Å²) in [5, 5.41) is 17.6. The molecule has 1 fully saturated rings. The molecule has 0 aromatic heterocycles. The van der Waals surface area contributed by atoms with Gasteiger partial charge in [0.1, 0.15) is 0 Å². The Bertz CT molecular complexity index is 208. The minimum Gasteiger partial charge on any atom is -0.481 e. The third-order valence-electron chi connectivity index (χ3n) is 3.30. The van der Waals surface area contributed by atoms with Crippen molar-refractivity contribution in [3.63, 3.8) is 0 Å². The molecule has 94 valence electrons. The van der Waals surface area contributed by atoms with Crippen LogP contribution < -0.4 is 0 Å². The Morgan fingerprint density at radius 1 is 1.25 bits per heavy atom. The molecule has 0 spiro atoms. The van der Waals surface area contributed by atoms with Crippen LogP contribution in [-0.2, 0) is 4.79 Å². The van der Waals surface area contributed by atoms with E-state index in [1.165, 1.54) is 6.42 Å². The molecule has 0 bridgehead atoms. The summed E-state index contributed by atoms with van der Waals surface area (Å²) in [7, 11) is 0. The Kier molecular flexibility index (Phi) is 6.42. The van der Waals surface area contributed by atoms with Crippen LogP contribution in [0.25, 0.3) is 0 Å². The molecule has 0 amide bonds. The molecule has 0 aromatic rings. The molecule has 0 saturated carbocycles. The third kappa shape index (κ3) is 4.94. The van der Waals surface area contributed by atoms with E-state index in [0.29, 0.717) is 12.5 Å². The highest BCUT2D eigenvalue weighted by Gasteiger charge is 2.22. The number of unbranched alkanes of at least 4 members (excludes halogenated alkanes) is 3. The summed E-state index contributed by atoms with van der Waals surface area (Å²) >= 11 is 0. The maximum absolute atomic E-state index is 10.3. The van der Waals surface area contributed by atoms with E-state index in [1.807, 2.05) is 0 Å². The van der Waals surface area contributed by atoms with Crippen LogP contribution in [-0.4, -0.2) is 46.8 Å². The Balaban J connectivity index is 1.96. The van der Waals surface area contributed by atoms with Crippen LogP contribution in [0.3, 0.4) is 0 Å². The average molecular weight is 229 g/mol. The molecule has 1 rings (SSSR count). The molecule has 0 aliphatic carbocycles. The lowest BCUT2D eigenvalue weighted by Gasteiger charge is -2.22. The zero-order valence-corrected chi connectivity index (χ0v) is 9.90. The quantitative estimate of drug-likeness (QED) is 0.619. The lowest BCUT2D eigenvalue weighted by molar-refractivity contribution is -0.137. The van der Waals surface area contributed by atoms with E-state index in [2.05, 4.69) is 4.90 Å². The van der Waals surface area contributed by atoms with Gasteiger partial charge in [-0.15, -0.1) is 0 Å². The summed E-state index contributed by atoms with van der Waals surface area (Å²) in [4.78, 5) is 12.6. The molecule has 0 radical (unpaired) electrons. The maximum atomic E-state index is 10.3. The molecular formula is C12H23NO3. The second-order valence-corrected chi connectivity index (χ2v) is 4.57. The molecule has 1 aliphatic rings. The van der Waals surface area contributed by atoms with E-state index < -0.39 is 5.97 Å². The number of carbonyl (C=O) groups is 1. The number of likely N-dealkylation sites (tertiary alicyclic amines) is 1. The van der Waals surface area contributed by atoms with Crippen LogP contribution in [0.1, 0.15) is 44.9 Å². The van der Waals surface area contributed by atoms with Gasteiger partial charge in [0, 0.05) is 12.5 Å². The van der Waals surface area contributed by atoms with Gasteiger partial charge in [-0.3, -0.25) is 9.69 Å². The number of hydrogen-bond acceptors (Lipinski definition) is 3. The van der Waals surface area contributed by atoms with Crippen molar-refractivity contribution in [3.8, 4) is 0 Å². The fourth-order valence-electron chi connectivity index (χ4n) is 2.34. The Hall–Kier alpha value is -0.610. The van der Waals surface area contributed by atoms with E-state index in [9.17, 15) is 4.79 Å². The minimum atomic E-state index is -0.695. The Labute approximate surface area is 97.3 Å². The smallest absolute Gasteiger partial charge is 0.303 e. The van der Waals surface area contributed by atoms with Crippen LogP contribution >= 0.6 is 0 Å². The van der Waals surface area contributed by atoms with Gasteiger partial charge in [-0.2, -0.15) is 0 Å². The van der Waals surface area contributed by atoms with E-state index in [0.717, 1.165) is 45.2 Å². The first kappa shape index (κ1) is 13.5. The average Bonchev–Trinajstić information content (AvgIpc) is 2.70. The van der Waals surface area contributed by atoms with Crippen molar-refractivity contribution in [2.75, 3.05) is 19.7 Å². The number of aliphatic carboxylic acids is 1. The second-order valence-electron chi connectivity index (χ2n) is 4.57. The van der Waals surface area contributed by atoms with Gasteiger partial charge in [-0.25, -0.2) is 0 Å². The normalized spacial score (nSPS) is 21.4. The number of nitrogens with zero attached hydrogens (tertiary/aromatic N) is 1. The SMILES string of the molecule is O=C(O)CCCCCCN1CCCC1CO. The van der Waals surface area contributed by atoms with Crippen LogP contribution in [0, 0.1) is 0 Å². The monoisotopic (exact) mass is 229 g/mol. The summed E-state index contributed by atoms with van der Waals surface area (Å²) in [6, 6.07) is 0.374. The molecule has 1 unspecified atom stereocenters. The summed E-state index contributed by atoms with van der Waals surface area (Å²) < 4.78 is 0. The second kappa shape index (κ2) is 7.63. The van der Waals surface area contributed by atoms with Crippen LogP contribution in [0.15, 0.2) is 0 Å². The number of aliphatic hydroxyl groups is 1. The molecule has 2 N–H and O–H groups in total. The summed E-state index contributed by atoms with van der Waals surface area (Å²) in [6.07, 6.45) is 6.63. The van der Waals surface area contributed by atoms with E-state index in [-0.39, 0.29) is 6.61 Å². The highest BCUT2D eigenvalue weighted by molar-refractivity contribution is 5.66. The largest absolute Gasteiger partial charge is 0.481 e. The van der Waals surface area contributed by atoms with Gasteiger partial charge < -0.3 is 10.2 Å². The number of aliphatic hydroxyl groups excluding tert-OH is 1. The molecule has 4 nitrogen and oxygen atoms in total. The predicted octanol–water partition coefficient (Wildman–Crippen LogP) is 1.48. The van der Waals surface area contributed by atoms with Crippen molar-refractivity contribution in [2.45, 2.75) is 51.0 Å². The van der Waals surface area contributed by atoms with E-state index >= 15 is 0 Å². The van der Waals surface area contributed by atoms with Crippen molar-refractivity contribution < 1.29 is 15.0 Å². The highest BCUT2D eigenvalue weighted by atomic mass is 16.4. The van der Waals surface area contributed by atoms with Crippen molar-refractivity contribution in [1.29, 1.82) is 0 Å². The number of rotatable bonds is 8. The van der Waals surface area contributed by atoms with Crippen LogP contribution in [0.2, 0.25) is 0 Å². The first-order valence-corrected chi connectivity index (χ1v) is 6.30. The van der Waals surface area contributed by atoms with Gasteiger partial charge in [0.2, 0.25) is 0 Å². The van der Waals surface area contributed by atoms with Crippen molar-refractivity contribution in [1.82, 2.24) is 4.90 Å².